The Labute approximate surface area is 155 Å². The molecule has 0 radical (unpaired) electrons. The predicted molar refractivity (Wildman–Crippen MR) is 100 cm³/mol. The highest BCUT2D eigenvalue weighted by Gasteiger charge is 2.35. The van der Waals surface area contributed by atoms with Crippen LogP contribution in [0.4, 0.5) is 0 Å². The third-order valence-electron chi connectivity index (χ3n) is 4.78. The number of benzene rings is 1. The van der Waals surface area contributed by atoms with Crippen molar-refractivity contribution < 1.29 is 9.59 Å². The molecular formula is C19H20N4O2S. The van der Waals surface area contributed by atoms with Crippen molar-refractivity contribution in [2.45, 2.75) is 26.4 Å². The molecule has 1 fully saturated rings. The van der Waals surface area contributed by atoms with Gasteiger partial charge in [-0.1, -0.05) is 29.8 Å². The molecule has 7 heteroatoms. The number of imidazole rings is 1. The first-order chi connectivity index (χ1) is 12.5. The first-order valence-electron chi connectivity index (χ1n) is 8.60. The molecule has 1 saturated heterocycles. The van der Waals surface area contributed by atoms with Gasteiger partial charge in [-0.25, -0.2) is 4.98 Å². The van der Waals surface area contributed by atoms with Crippen LogP contribution in [0, 0.1) is 6.92 Å². The van der Waals surface area contributed by atoms with E-state index in [0.717, 1.165) is 10.5 Å². The fraction of sp³-hybridized carbons (Fsp3) is 0.316. The molecule has 4 rings (SSSR count). The number of hydrogen-bond donors (Lipinski definition) is 0. The van der Waals surface area contributed by atoms with Crippen LogP contribution in [0.1, 0.15) is 28.5 Å². The Bertz CT molecular complexity index is 948. The van der Waals surface area contributed by atoms with Crippen molar-refractivity contribution in [3.05, 3.63) is 58.9 Å². The fourth-order valence-corrected chi connectivity index (χ4v) is 4.07. The SMILES string of the molecule is Cc1cccc(CN2CCN(C(=O)c3cn4ccsc4n3)[C@H](C)C2=O)c1. The van der Waals surface area contributed by atoms with Crippen molar-refractivity contribution in [1.29, 1.82) is 0 Å². The van der Waals surface area contributed by atoms with Crippen molar-refractivity contribution in [2.75, 3.05) is 13.1 Å². The molecular weight excluding hydrogens is 348 g/mol. The minimum absolute atomic E-state index is 0.0212. The molecule has 134 valence electrons. The summed E-state index contributed by atoms with van der Waals surface area (Å²) in [4.78, 5) is 34.2. The van der Waals surface area contributed by atoms with Crippen LogP contribution in [0.15, 0.2) is 42.0 Å². The van der Waals surface area contributed by atoms with Crippen LogP contribution < -0.4 is 0 Å². The second-order valence-corrected chi connectivity index (χ2v) is 7.52. The Hall–Kier alpha value is -2.67. The first kappa shape index (κ1) is 16.8. The maximum Gasteiger partial charge on any atom is 0.274 e. The van der Waals surface area contributed by atoms with Gasteiger partial charge in [0.1, 0.15) is 11.7 Å². The van der Waals surface area contributed by atoms with E-state index in [9.17, 15) is 9.59 Å². The number of thiazole rings is 1. The highest BCUT2D eigenvalue weighted by atomic mass is 32.1. The van der Waals surface area contributed by atoms with Gasteiger partial charge in [0, 0.05) is 37.4 Å². The van der Waals surface area contributed by atoms with Crippen LogP contribution in [0.3, 0.4) is 0 Å². The van der Waals surface area contributed by atoms with Gasteiger partial charge >= 0.3 is 0 Å². The van der Waals surface area contributed by atoms with Crippen LogP contribution in [0.25, 0.3) is 4.96 Å². The summed E-state index contributed by atoms with van der Waals surface area (Å²) >= 11 is 1.48. The summed E-state index contributed by atoms with van der Waals surface area (Å²) in [7, 11) is 0. The van der Waals surface area contributed by atoms with E-state index < -0.39 is 6.04 Å². The fourth-order valence-electron chi connectivity index (χ4n) is 3.37. The first-order valence-corrected chi connectivity index (χ1v) is 9.48. The van der Waals surface area contributed by atoms with Crippen molar-refractivity contribution in [1.82, 2.24) is 19.2 Å². The lowest BCUT2D eigenvalue weighted by atomic mass is 10.1. The van der Waals surface area contributed by atoms with Gasteiger partial charge < -0.3 is 9.80 Å². The van der Waals surface area contributed by atoms with Crippen LogP contribution in [0.2, 0.25) is 0 Å². The Morgan fingerprint density at radius 1 is 1.35 bits per heavy atom. The van der Waals surface area contributed by atoms with Crippen LogP contribution in [0.5, 0.6) is 0 Å². The number of rotatable bonds is 3. The number of aryl methyl sites for hydroxylation is 1. The molecule has 1 aliphatic heterocycles. The monoisotopic (exact) mass is 368 g/mol. The average molecular weight is 368 g/mol. The van der Waals surface area contributed by atoms with Gasteiger partial charge in [0.05, 0.1) is 0 Å². The lowest BCUT2D eigenvalue weighted by Gasteiger charge is -2.38. The van der Waals surface area contributed by atoms with Crippen molar-refractivity contribution in [2.24, 2.45) is 0 Å². The van der Waals surface area contributed by atoms with Crippen LogP contribution >= 0.6 is 11.3 Å². The van der Waals surface area contributed by atoms with Gasteiger partial charge in [0.25, 0.3) is 5.91 Å². The molecule has 0 unspecified atom stereocenters. The van der Waals surface area contributed by atoms with Gasteiger partial charge in [-0.3, -0.25) is 14.0 Å². The number of nitrogens with zero attached hydrogens (tertiary/aromatic N) is 4. The summed E-state index contributed by atoms with van der Waals surface area (Å²) in [5.74, 6) is -0.205. The summed E-state index contributed by atoms with van der Waals surface area (Å²) in [6.45, 7) is 5.46. The largest absolute Gasteiger partial charge is 0.335 e. The lowest BCUT2D eigenvalue weighted by molar-refractivity contribution is -0.140. The maximum absolute atomic E-state index is 12.8. The zero-order chi connectivity index (χ0) is 18.3. The van der Waals surface area contributed by atoms with E-state index in [0.29, 0.717) is 25.3 Å². The number of fused-ring (bicyclic) bond motifs is 1. The molecule has 0 bridgehead atoms. The number of piperazine rings is 1. The normalized spacial score (nSPS) is 17.9. The van der Waals surface area contributed by atoms with E-state index in [-0.39, 0.29) is 11.8 Å². The van der Waals surface area contributed by atoms with Gasteiger partial charge in [0.15, 0.2) is 4.96 Å². The maximum atomic E-state index is 12.8. The van der Waals surface area contributed by atoms with E-state index >= 15 is 0 Å². The molecule has 0 spiro atoms. The number of amides is 2. The molecule has 0 aliphatic carbocycles. The molecule has 6 nitrogen and oxygen atoms in total. The Kier molecular flexibility index (Phi) is 4.24. The molecule has 2 aromatic heterocycles. The second kappa shape index (κ2) is 6.57. The number of carbonyl (C=O) groups is 2. The topological polar surface area (TPSA) is 57.9 Å². The summed E-state index contributed by atoms with van der Waals surface area (Å²) in [5, 5.41) is 1.92. The zero-order valence-electron chi connectivity index (χ0n) is 14.8. The summed E-state index contributed by atoms with van der Waals surface area (Å²) in [5.41, 5.74) is 2.68. The Morgan fingerprint density at radius 3 is 2.96 bits per heavy atom. The molecule has 1 aromatic carbocycles. The van der Waals surface area contributed by atoms with Gasteiger partial charge in [0.2, 0.25) is 5.91 Å². The van der Waals surface area contributed by atoms with E-state index in [1.165, 1.54) is 16.9 Å². The molecule has 26 heavy (non-hydrogen) atoms. The number of aromatic nitrogens is 2. The third-order valence-corrected chi connectivity index (χ3v) is 5.55. The smallest absolute Gasteiger partial charge is 0.274 e. The minimum Gasteiger partial charge on any atom is -0.335 e. The van der Waals surface area contributed by atoms with Crippen molar-refractivity contribution >= 4 is 28.1 Å². The van der Waals surface area contributed by atoms with E-state index in [1.54, 1.807) is 18.0 Å². The predicted octanol–water partition coefficient (Wildman–Crippen LogP) is 2.58. The highest BCUT2D eigenvalue weighted by Crippen LogP contribution is 2.19. The van der Waals surface area contributed by atoms with Crippen LogP contribution in [-0.4, -0.2) is 50.1 Å². The quantitative estimate of drug-likeness (QED) is 0.714. The van der Waals surface area contributed by atoms with E-state index in [1.807, 2.05) is 46.0 Å². The zero-order valence-corrected chi connectivity index (χ0v) is 15.6. The summed E-state index contributed by atoms with van der Waals surface area (Å²) in [6, 6.07) is 7.68. The Balaban J connectivity index is 1.48. The Morgan fingerprint density at radius 2 is 2.19 bits per heavy atom. The summed E-state index contributed by atoms with van der Waals surface area (Å²) < 4.78 is 1.83. The van der Waals surface area contributed by atoms with Crippen molar-refractivity contribution in [3.8, 4) is 0 Å². The molecule has 2 amide bonds. The minimum atomic E-state index is -0.485. The lowest BCUT2D eigenvalue weighted by Crippen LogP contribution is -2.57. The average Bonchev–Trinajstić information content (AvgIpc) is 3.20. The number of carbonyl (C=O) groups excluding carboxylic acids is 2. The summed E-state index contributed by atoms with van der Waals surface area (Å²) in [6.07, 6.45) is 3.60. The van der Waals surface area contributed by atoms with E-state index in [2.05, 4.69) is 11.1 Å². The molecule has 0 saturated carbocycles. The van der Waals surface area contributed by atoms with Crippen LogP contribution in [-0.2, 0) is 11.3 Å². The second-order valence-electron chi connectivity index (χ2n) is 6.64. The molecule has 0 N–H and O–H groups in total. The highest BCUT2D eigenvalue weighted by molar-refractivity contribution is 7.15. The van der Waals surface area contributed by atoms with Gasteiger partial charge in [-0.05, 0) is 19.4 Å². The molecule has 1 atom stereocenters. The third kappa shape index (κ3) is 2.99. The van der Waals surface area contributed by atoms with Gasteiger partial charge in [-0.2, -0.15) is 0 Å². The molecule has 1 aliphatic rings. The standard InChI is InChI=1S/C19H20N4O2S/c1-13-4-3-5-15(10-13)11-21-6-7-23(14(2)17(21)24)18(25)16-12-22-8-9-26-19(22)20-16/h3-5,8-10,12,14H,6-7,11H2,1-2H3/t14-/m1/s1. The molecule has 3 aromatic rings. The van der Waals surface area contributed by atoms with Crippen molar-refractivity contribution in [3.63, 3.8) is 0 Å². The number of hydrogen-bond acceptors (Lipinski definition) is 4. The van der Waals surface area contributed by atoms with Gasteiger partial charge in [-0.15, -0.1) is 11.3 Å². The molecule has 3 heterocycles. The van der Waals surface area contributed by atoms with E-state index in [4.69, 9.17) is 0 Å².